The minimum Gasteiger partial charge on any atom is -0.369 e. The first-order valence-electron chi connectivity index (χ1n) is 8.89. The summed E-state index contributed by atoms with van der Waals surface area (Å²) in [5, 5.41) is 3.90. The van der Waals surface area contributed by atoms with Crippen molar-refractivity contribution in [3.8, 4) is 0 Å². The molecule has 7 heteroatoms. The molecule has 1 atom stereocenters. The number of nitrogens with zero attached hydrogens (tertiary/aromatic N) is 2. The minimum atomic E-state index is -0.107. The zero-order chi connectivity index (χ0) is 19.0. The van der Waals surface area contributed by atoms with Gasteiger partial charge in [0.2, 0.25) is 0 Å². The predicted molar refractivity (Wildman–Crippen MR) is 117 cm³/mol. The van der Waals surface area contributed by atoms with Crippen LogP contribution in [0.15, 0.2) is 34.4 Å². The van der Waals surface area contributed by atoms with E-state index in [0.29, 0.717) is 6.61 Å². The number of aromatic nitrogens is 2. The van der Waals surface area contributed by atoms with Crippen molar-refractivity contribution in [3.05, 3.63) is 45.3 Å². The number of ether oxygens (including phenoxy) is 1. The molecule has 0 amide bonds. The lowest BCUT2D eigenvalue weighted by molar-refractivity contribution is -0.0543. The van der Waals surface area contributed by atoms with Crippen molar-refractivity contribution >= 4 is 56.7 Å². The van der Waals surface area contributed by atoms with Crippen molar-refractivity contribution in [2.75, 3.05) is 6.26 Å². The van der Waals surface area contributed by atoms with Crippen LogP contribution in [0.4, 0.5) is 0 Å². The molecule has 1 aliphatic heterocycles. The maximum atomic E-state index is 6.35. The first kappa shape index (κ1) is 19.5. The Balaban J connectivity index is 1.76. The van der Waals surface area contributed by atoms with Crippen molar-refractivity contribution in [3.63, 3.8) is 0 Å². The Morgan fingerprint density at radius 3 is 2.85 bits per heavy atom. The fourth-order valence-corrected chi connectivity index (χ4v) is 6.19. The molecule has 0 saturated carbocycles. The second-order valence-electron chi connectivity index (χ2n) is 6.85. The third-order valence-corrected chi connectivity index (χ3v) is 8.08. The molecule has 2 aromatic heterocycles. The SMILES string of the molecule is CC[C@@]1(C)Cc2c(sc3nc(SC)nc(SCc4ccccc4Cl)c23)CO1. The minimum absolute atomic E-state index is 0.107. The van der Waals surface area contributed by atoms with Gasteiger partial charge in [0.25, 0.3) is 0 Å². The average Bonchev–Trinajstić information content (AvgIpc) is 3.04. The van der Waals surface area contributed by atoms with Crippen LogP contribution in [0.3, 0.4) is 0 Å². The maximum absolute atomic E-state index is 6.35. The lowest BCUT2D eigenvalue weighted by Gasteiger charge is -2.33. The van der Waals surface area contributed by atoms with E-state index in [0.717, 1.165) is 44.2 Å². The van der Waals surface area contributed by atoms with Gasteiger partial charge in [0.15, 0.2) is 5.16 Å². The van der Waals surface area contributed by atoms with Gasteiger partial charge in [0.1, 0.15) is 9.86 Å². The van der Waals surface area contributed by atoms with Gasteiger partial charge in [-0.1, -0.05) is 48.5 Å². The third-order valence-electron chi connectivity index (χ3n) is 5.04. The number of fused-ring (bicyclic) bond motifs is 3. The summed E-state index contributed by atoms with van der Waals surface area (Å²) < 4.78 is 6.14. The first-order valence-corrected chi connectivity index (χ1v) is 12.3. The summed E-state index contributed by atoms with van der Waals surface area (Å²) in [5.74, 6) is 0.797. The average molecular weight is 437 g/mol. The molecule has 0 spiro atoms. The van der Waals surface area contributed by atoms with E-state index < -0.39 is 0 Å². The highest BCUT2D eigenvalue weighted by Crippen LogP contribution is 2.43. The number of rotatable bonds is 5. The zero-order valence-corrected chi connectivity index (χ0v) is 18.7. The molecular formula is C20H21ClN2OS3. The van der Waals surface area contributed by atoms with Crippen molar-refractivity contribution in [2.45, 2.75) is 54.8 Å². The first-order chi connectivity index (χ1) is 13.0. The van der Waals surface area contributed by atoms with Gasteiger partial charge >= 0.3 is 0 Å². The van der Waals surface area contributed by atoms with E-state index in [-0.39, 0.29) is 5.60 Å². The molecule has 4 rings (SSSR count). The second kappa shape index (κ2) is 7.91. The Morgan fingerprint density at radius 1 is 1.30 bits per heavy atom. The highest BCUT2D eigenvalue weighted by atomic mass is 35.5. The van der Waals surface area contributed by atoms with E-state index in [1.165, 1.54) is 15.8 Å². The summed E-state index contributed by atoms with van der Waals surface area (Å²) in [6, 6.07) is 8.01. The Kier molecular flexibility index (Phi) is 5.72. The molecule has 0 bridgehead atoms. The Labute approximate surface area is 177 Å². The van der Waals surface area contributed by atoms with Crippen LogP contribution in [0.25, 0.3) is 10.2 Å². The molecule has 0 aliphatic carbocycles. The van der Waals surface area contributed by atoms with Gasteiger partial charge in [-0.05, 0) is 36.8 Å². The standard InChI is InChI=1S/C20H21ClN2OS3/c1-4-20(2)9-13-15(10-24-20)27-18-16(13)17(22-19(23-18)25-3)26-11-12-7-5-6-8-14(12)21/h5-8H,4,9-11H2,1-3H3/t20-/m0/s1. The summed E-state index contributed by atoms with van der Waals surface area (Å²) in [5.41, 5.74) is 2.40. The Morgan fingerprint density at radius 2 is 2.11 bits per heavy atom. The molecule has 0 N–H and O–H groups in total. The molecule has 27 heavy (non-hydrogen) atoms. The van der Waals surface area contributed by atoms with Gasteiger partial charge in [-0.25, -0.2) is 9.97 Å². The van der Waals surface area contributed by atoms with E-state index in [9.17, 15) is 0 Å². The summed E-state index contributed by atoms with van der Waals surface area (Å²) in [4.78, 5) is 12.0. The molecule has 3 nitrogen and oxygen atoms in total. The van der Waals surface area contributed by atoms with Crippen molar-refractivity contribution in [1.82, 2.24) is 9.97 Å². The lowest BCUT2D eigenvalue weighted by atomic mass is 9.90. The Bertz CT molecular complexity index is 991. The maximum Gasteiger partial charge on any atom is 0.189 e. The number of halogens is 1. The number of thiophene rings is 1. The summed E-state index contributed by atoms with van der Waals surface area (Å²) in [7, 11) is 0. The van der Waals surface area contributed by atoms with Gasteiger partial charge in [0, 0.05) is 27.5 Å². The predicted octanol–water partition coefficient (Wildman–Crippen LogP) is 6.60. The topological polar surface area (TPSA) is 35.0 Å². The number of benzene rings is 1. The van der Waals surface area contributed by atoms with E-state index in [2.05, 4.69) is 19.9 Å². The van der Waals surface area contributed by atoms with Gasteiger partial charge in [-0.3, -0.25) is 0 Å². The van der Waals surface area contributed by atoms with Crippen molar-refractivity contribution < 1.29 is 4.74 Å². The molecule has 1 aliphatic rings. The molecule has 0 unspecified atom stereocenters. The molecule has 0 saturated heterocycles. The highest BCUT2D eigenvalue weighted by Gasteiger charge is 2.33. The van der Waals surface area contributed by atoms with E-state index >= 15 is 0 Å². The van der Waals surface area contributed by atoms with Crippen LogP contribution in [0.5, 0.6) is 0 Å². The monoisotopic (exact) mass is 436 g/mol. The zero-order valence-electron chi connectivity index (χ0n) is 15.5. The number of thioether (sulfide) groups is 2. The van der Waals surface area contributed by atoms with Gasteiger partial charge in [0.05, 0.1) is 12.2 Å². The Hall–Kier alpha value is -0.790. The highest BCUT2D eigenvalue weighted by molar-refractivity contribution is 7.99. The smallest absolute Gasteiger partial charge is 0.189 e. The van der Waals surface area contributed by atoms with Gasteiger partial charge < -0.3 is 4.74 Å². The fraction of sp³-hybridized carbons (Fsp3) is 0.400. The van der Waals surface area contributed by atoms with Gasteiger partial charge in [-0.15, -0.1) is 23.1 Å². The summed E-state index contributed by atoms with van der Waals surface area (Å²) in [6.45, 7) is 5.06. The van der Waals surface area contributed by atoms with Crippen LogP contribution in [0.1, 0.15) is 36.3 Å². The summed E-state index contributed by atoms with van der Waals surface area (Å²) >= 11 is 11.4. The molecule has 142 valence electrons. The van der Waals surface area contributed by atoms with Crippen LogP contribution < -0.4 is 0 Å². The van der Waals surface area contributed by atoms with E-state index in [4.69, 9.17) is 26.3 Å². The molecule has 1 aromatic carbocycles. The quantitative estimate of drug-likeness (QED) is 0.255. The third kappa shape index (κ3) is 3.87. The lowest BCUT2D eigenvalue weighted by Crippen LogP contribution is -2.33. The molecule has 0 fully saturated rings. The van der Waals surface area contributed by atoms with Crippen molar-refractivity contribution in [2.24, 2.45) is 0 Å². The molecule has 0 radical (unpaired) electrons. The molecule has 3 heterocycles. The van der Waals surface area contributed by atoms with Crippen molar-refractivity contribution in [1.29, 1.82) is 0 Å². The van der Waals surface area contributed by atoms with Crippen LogP contribution >= 0.6 is 46.5 Å². The van der Waals surface area contributed by atoms with Crippen LogP contribution in [-0.2, 0) is 23.5 Å². The van der Waals surface area contributed by atoms with Crippen LogP contribution in [0.2, 0.25) is 5.02 Å². The molecule has 3 aromatic rings. The normalized spacial score (nSPS) is 19.4. The summed E-state index contributed by atoms with van der Waals surface area (Å²) in [6.07, 6.45) is 3.94. The van der Waals surface area contributed by atoms with Crippen LogP contribution in [-0.4, -0.2) is 21.8 Å². The van der Waals surface area contributed by atoms with E-state index in [1.807, 2.05) is 24.5 Å². The number of hydrogen-bond acceptors (Lipinski definition) is 6. The largest absolute Gasteiger partial charge is 0.369 e. The molecular weight excluding hydrogens is 416 g/mol. The van der Waals surface area contributed by atoms with Crippen LogP contribution in [0, 0.1) is 0 Å². The fourth-order valence-electron chi connectivity index (χ4n) is 3.20. The van der Waals surface area contributed by atoms with E-state index in [1.54, 1.807) is 34.9 Å². The number of hydrogen-bond donors (Lipinski definition) is 0. The van der Waals surface area contributed by atoms with Gasteiger partial charge in [-0.2, -0.15) is 0 Å². The second-order valence-corrected chi connectivity index (χ2v) is 10.1.